The van der Waals surface area contributed by atoms with E-state index in [1.165, 1.54) is 19.1 Å². The molecule has 0 aliphatic carbocycles. The van der Waals surface area contributed by atoms with Crippen molar-refractivity contribution in [3.05, 3.63) is 54.1 Å². The van der Waals surface area contributed by atoms with Gasteiger partial charge < -0.3 is 24.2 Å². The van der Waals surface area contributed by atoms with Gasteiger partial charge in [0.25, 0.3) is 5.91 Å². The second kappa shape index (κ2) is 9.31. The van der Waals surface area contributed by atoms with Crippen LogP contribution in [0.2, 0.25) is 0 Å². The average Bonchev–Trinajstić information content (AvgIpc) is 2.65. The van der Waals surface area contributed by atoms with Gasteiger partial charge in [-0.25, -0.2) is 0 Å². The molecule has 138 valence electrons. The highest BCUT2D eigenvalue weighted by molar-refractivity contribution is 5.82. The minimum atomic E-state index is -1.10. The van der Waals surface area contributed by atoms with E-state index in [0.717, 1.165) is 0 Å². The predicted octanol–water partition coefficient (Wildman–Crippen LogP) is 2.20. The Morgan fingerprint density at radius 1 is 0.962 bits per heavy atom. The maximum atomic E-state index is 12.4. The molecule has 2 aromatic carbocycles. The van der Waals surface area contributed by atoms with Crippen molar-refractivity contribution in [1.82, 2.24) is 4.90 Å². The lowest BCUT2D eigenvalue weighted by Crippen LogP contribution is -2.38. The first-order valence-electron chi connectivity index (χ1n) is 7.91. The quantitative estimate of drug-likeness (QED) is 0.739. The van der Waals surface area contributed by atoms with Crippen LogP contribution in [-0.4, -0.2) is 49.3 Å². The number of carbonyl (C=O) groups excluding carboxylic acids is 1. The maximum absolute atomic E-state index is 12.4. The van der Waals surface area contributed by atoms with Crippen molar-refractivity contribution in [2.24, 2.45) is 0 Å². The summed E-state index contributed by atoms with van der Waals surface area (Å²) in [6.07, 6.45) is 0. The summed E-state index contributed by atoms with van der Waals surface area (Å²) >= 11 is 0. The molecule has 1 N–H and O–H groups in total. The van der Waals surface area contributed by atoms with E-state index in [0.29, 0.717) is 22.8 Å². The molecule has 0 aromatic heterocycles. The largest absolute Gasteiger partial charge is 0.497 e. The van der Waals surface area contributed by atoms with Crippen LogP contribution in [0, 0.1) is 0 Å². The van der Waals surface area contributed by atoms with Gasteiger partial charge in [-0.15, -0.1) is 0 Å². The lowest BCUT2D eigenvalue weighted by molar-refractivity contribution is -0.145. The van der Waals surface area contributed by atoms with E-state index in [4.69, 9.17) is 19.3 Å². The van der Waals surface area contributed by atoms with Crippen LogP contribution < -0.4 is 14.2 Å². The number of hydrogen-bond donors (Lipinski definition) is 1. The molecular formula is C19H21NO6. The van der Waals surface area contributed by atoms with E-state index in [-0.39, 0.29) is 13.2 Å². The number of carbonyl (C=O) groups is 2. The van der Waals surface area contributed by atoms with Crippen molar-refractivity contribution in [2.75, 3.05) is 27.4 Å². The Morgan fingerprint density at radius 3 is 2.12 bits per heavy atom. The Kier molecular flexibility index (Phi) is 6.84. The van der Waals surface area contributed by atoms with E-state index < -0.39 is 18.4 Å². The van der Waals surface area contributed by atoms with Crippen molar-refractivity contribution in [3.8, 4) is 17.2 Å². The number of amides is 1. The van der Waals surface area contributed by atoms with E-state index in [1.54, 1.807) is 42.5 Å². The fraction of sp³-hybridized carbons (Fsp3) is 0.263. The maximum Gasteiger partial charge on any atom is 0.323 e. The number of hydrogen-bond acceptors (Lipinski definition) is 5. The van der Waals surface area contributed by atoms with Gasteiger partial charge in [-0.05, 0) is 29.8 Å². The summed E-state index contributed by atoms with van der Waals surface area (Å²) in [4.78, 5) is 24.8. The lowest BCUT2D eigenvalue weighted by atomic mass is 10.2. The molecule has 0 spiro atoms. The monoisotopic (exact) mass is 359 g/mol. The van der Waals surface area contributed by atoms with Gasteiger partial charge in [-0.2, -0.15) is 0 Å². The first-order chi connectivity index (χ1) is 12.5. The molecule has 2 rings (SSSR count). The van der Waals surface area contributed by atoms with Gasteiger partial charge in [-0.3, -0.25) is 9.59 Å². The van der Waals surface area contributed by atoms with Crippen molar-refractivity contribution in [1.29, 1.82) is 0 Å². The van der Waals surface area contributed by atoms with Gasteiger partial charge in [0.1, 0.15) is 23.8 Å². The van der Waals surface area contributed by atoms with Crippen LogP contribution in [0.1, 0.15) is 5.56 Å². The lowest BCUT2D eigenvalue weighted by Gasteiger charge is -2.21. The predicted molar refractivity (Wildman–Crippen MR) is 94.5 cm³/mol. The third-order valence-corrected chi connectivity index (χ3v) is 3.57. The van der Waals surface area contributed by atoms with Crippen LogP contribution in [0.15, 0.2) is 48.5 Å². The number of para-hydroxylation sites is 1. The zero-order valence-corrected chi connectivity index (χ0v) is 14.7. The molecule has 0 bridgehead atoms. The number of nitrogens with zero attached hydrogens (tertiary/aromatic N) is 1. The first kappa shape index (κ1) is 19.1. The van der Waals surface area contributed by atoms with Crippen LogP contribution in [0.4, 0.5) is 0 Å². The second-order valence-electron chi connectivity index (χ2n) is 5.47. The normalized spacial score (nSPS) is 10.1. The van der Waals surface area contributed by atoms with E-state index in [1.807, 2.05) is 6.07 Å². The summed E-state index contributed by atoms with van der Waals surface area (Å²) in [6.45, 7) is -0.592. The third kappa shape index (κ3) is 5.70. The molecule has 0 heterocycles. The van der Waals surface area contributed by atoms with Crippen LogP contribution in [0.3, 0.4) is 0 Å². The SMILES string of the molecule is COc1cc(CN(CC(=O)O)C(=O)COc2ccccc2)cc(OC)c1. The zero-order chi connectivity index (χ0) is 18.9. The van der Waals surface area contributed by atoms with E-state index >= 15 is 0 Å². The molecule has 0 atom stereocenters. The number of methoxy groups -OCH3 is 2. The van der Waals surface area contributed by atoms with Crippen LogP contribution in [0.25, 0.3) is 0 Å². The summed E-state index contributed by atoms with van der Waals surface area (Å²) in [6, 6.07) is 14.0. The molecule has 0 aliphatic rings. The Hall–Kier alpha value is -3.22. The molecule has 0 radical (unpaired) electrons. The molecule has 7 nitrogen and oxygen atoms in total. The van der Waals surface area contributed by atoms with Crippen LogP contribution in [-0.2, 0) is 16.1 Å². The number of carboxylic acids is 1. The molecule has 2 aromatic rings. The Bertz CT molecular complexity index is 725. The molecule has 0 saturated heterocycles. The van der Waals surface area contributed by atoms with Gasteiger partial charge in [0.2, 0.25) is 0 Å². The highest BCUT2D eigenvalue weighted by Crippen LogP contribution is 2.23. The molecule has 7 heteroatoms. The minimum absolute atomic E-state index is 0.0941. The van der Waals surface area contributed by atoms with Crippen LogP contribution in [0.5, 0.6) is 17.2 Å². The Morgan fingerprint density at radius 2 is 1.58 bits per heavy atom. The summed E-state index contributed by atoms with van der Waals surface area (Å²) in [5.74, 6) is 0.121. The van der Waals surface area contributed by atoms with Gasteiger partial charge in [0.05, 0.1) is 14.2 Å². The minimum Gasteiger partial charge on any atom is -0.497 e. The molecule has 0 unspecified atom stereocenters. The fourth-order valence-electron chi connectivity index (χ4n) is 2.33. The molecule has 0 saturated carbocycles. The number of aliphatic carboxylic acids is 1. The second-order valence-corrected chi connectivity index (χ2v) is 5.47. The third-order valence-electron chi connectivity index (χ3n) is 3.57. The number of carboxylic acid groups (broad SMARTS) is 1. The number of rotatable bonds is 9. The topological polar surface area (TPSA) is 85.3 Å². The van der Waals surface area contributed by atoms with Crippen molar-refractivity contribution >= 4 is 11.9 Å². The van der Waals surface area contributed by atoms with Crippen molar-refractivity contribution in [3.63, 3.8) is 0 Å². The standard InChI is InChI=1S/C19H21NO6/c1-24-16-8-14(9-17(10-16)25-2)11-20(12-19(22)23)18(21)13-26-15-6-4-3-5-7-15/h3-10H,11-13H2,1-2H3,(H,22,23). The smallest absolute Gasteiger partial charge is 0.323 e. The summed E-state index contributed by atoms with van der Waals surface area (Å²) in [7, 11) is 3.04. The Balaban J connectivity index is 2.11. The van der Waals surface area contributed by atoms with Gasteiger partial charge >= 0.3 is 5.97 Å². The number of benzene rings is 2. The summed E-state index contributed by atoms with van der Waals surface area (Å²) in [5, 5.41) is 9.11. The summed E-state index contributed by atoms with van der Waals surface area (Å²) < 4.78 is 15.8. The highest BCUT2D eigenvalue weighted by Gasteiger charge is 2.18. The molecule has 0 aliphatic heterocycles. The van der Waals surface area contributed by atoms with E-state index in [2.05, 4.69) is 0 Å². The van der Waals surface area contributed by atoms with Crippen LogP contribution >= 0.6 is 0 Å². The van der Waals surface area contributed by atoms with Gasteiger partial charge in [0, 0.05) is 12.6 Å². The molecule has 26 heavy (non-hydrogen) atoms. The molecular weight excluding hydrogens is 338 g/mol. The van der Waals surface area contributed by atoms with Gasteiger partial charge in [0.15, 0.2) is 6.61 Å². The fourth-order valence-corrected chi connectivity index (χ4v) is 2.33. The summed E-state index contributed by atoms with van der Waals surface area (Å²) in [5.41, 5.74) is 0.690. The highest BCUT2D eigenvalue weighted by atomic mass is 16.5. The molecule has 0 fully saturated rings. The van der Waals surface area contributed by atoms with Crippen molar-refractivity contribution in [2.45, 2.75) is 6.54 Å². The van der Waals surface area contributed by atoms with Crippen molar-refractivity contribution < 1.29 is 28.9 Å². The average molecular weight is 359 g/mol. The first-order valence-corrected chi connectivity index (χ1v) is 7.91. The van der Waals surface area contributed by atoms with E-state index in [9.17, 15) is 9.59 Å². The Labute approximate surface area is 151 Å². The number of ether oxygens (including phenoxy) is 3. The van der Waals surface area contributed by atoms with Gasteiger partial charge in [-0.1, -0.05) is 18.2 Å². The molecule has 1 amide bonds. The zero-order valence-electron chi connectivity index (χ0n) is 14.7.